The molecule has 0 bridgehead atoms. The third-order valence-electron chi connectivity index (χ3n) is 8.89. The maximum absolute atomic E-state index is 13.3. The van der Waals surface area contributed by atoms with Crippen molar-refractivity contribution >= 4 is 53.3 Å². The van der Waals surface area contributed by atoms with Crippen molar-refractivity contribution in [3.05, 3.63) is 35.9 Å². The number of aliphatic imine (C=N–C) groups is 1. The molecule has 1 aromatic rings. The number of aliphatic carboxylic acids is 1. The van der Waals surface area contributed by atoms with E-state index >= 15 is 0 Å². The molecule has 330 valence electrons. The highest BCUT2D eigenvalue weighted by Gasteiger charge is 2.31. The first kappa shape index (κ1) is 51.1. The van der Waals surface area contributed by atoms with Crippen molar-refractivity contribution < 1.29 is 53.7 Å². The minimum atomic E-state index is -1.61. The van der Waals surface area contributed by atoms with E-state index in [1.54, 1.807) is 51.1 Å². The van der Waals surface area contributed by atoms with Crippen molar-refractivity contribution in [2.75, 3.05) is 32.8 Å². The number of carboxylic acid groups (broad SMARTS) is 1. The van der Waals surface area contributed by atoms with Crippen molar-refractivity contribution in [1.29, 1.82) is 0 Å². The number of nitrogens with zero attached hydrogens (tertiary/aromatic N) is 1. The number of carbonyl (C=O) groups excluding carboxylic acids is 7. The highest BCUT2D eigenvalue weighted by atomic mass is 16.4. The van der Waals surface area contributed by atoms with Crippen LogP contribution in [0.25, 0.3) is 0 Å². The molecule has 1 aromatic carbocycles. The lowest BCUT2D eigenvalue weighted by Gasteiger charge is -2.24. The second-order valence-corrected chi connectivity index (χ2v) is 14.2. The predicted octanol–water partition coefficient (Wildman–Crippen LogP) is -4.57. The molecule has 0 unspecified atom stereocenters. The molecule has 0 spiro atoms. The number of hydrogen-bond acceptors (Lipinski definition) is 12. The fraction of sp³-hybridized carbons (Fsp3) is 0.595. The third-order valence-corrected chi connectivity index (χ3v) is 8.89. The molecule has 7 amide bonds. The summed E-state index contributed by atoms with van der Waals surface area (Å²) >= 11 is 0. The average molecular weight is 836 g/mol. The van der Waals surface area contributed by atoms with Gasteiger partial charge in [-0.2, -0.15) is 0 Å². The van der Waals surface area contributed by atoms with Gasteiger partial charge in [0.2, 0.25) is 41.4 Å². The molecule has 16 N–H and O–H groups in total. The number of amides is 7. The van der Waals surface area contributed by atoms with E-state index in [9.17, 15) is 53.7 Å². The Morgan fingerprint density at radius 1 is 0.678 bits per heavy atom. The Kier molecular flexibility index (Phi) is 23.4. The Morgan fingerprint density at radius 2 is 1.17 bits per heavy atom. The number of carbonyl (C=O) groups is 8. The van der Waals surface area contributed by atoms with E-state index in [1.165, 1.54) is 0 Å². The maximum Gasteiger partial charge on any atom is 0.326 e. The number of carboxylic acids is 1. The molecule has 0 aromatic heterocycles. The van der Waals surface area contributed by atoms with Crippen LogP contribution in [-0.2, 0) is 44.8 Å². The highest BCUT2D eigenvalue weighted by Crippen LogP contribution is 2.08. The second kappa shape index (κ2) is 26.9. The smallest absolute Gasteiger partial charge is 0.326 e. The van der Waals surface area contributed by atoms with Crippen molar-refractivity contribution in [3.8, 4) is 0 Å². The van der Waals surface area contributed by atoms with E-state index in [0.29, 0.717) is 12.0 Å². The van der Waals surface area contributed by atoms with E-state index < -0.39 is 110 Å². The molecule has 22 nitrogen and oxygen atoms in total. The number of rotatable bonds is 27. The van der Waals surface area contributed by atoms with E-state index in [1.807, 2.05) is 6.92 Å². The van der Waals surface area contributed by atoms with Gasteiger partial charge in [0.05, 0.1) is 32.3 Å². The fourth-order valence-corrected chi connectivity index (χ4v) is 5.31. The quantitative estimate of drug-likeness (QED) is 0.0226. The average Bonchev–Trinajstić information content (AvgIpc) is 3.19. The second-order valence-electron chi connectivity index (χ2n) is 14.2. The monoisotopic (exact) mass is 835 g/mol. The molecule has 0 saturated carbocycles. The summed E-state index contributed by atoms with van der Waals surface area (Å²) in [5, 5.41) is 45.8. The number of hydrogen-bond donors (Lipinski definition) is 13. The Balaban J connectivity index is 2.89. The molecule has 0 aliphatic carbocycles. The van der Waals surface area contributed by atoms with Crippen LogP contribution in [0.3, 0.4) is 0 Å². The van der Waals surface area contributed by atoms with E-state index in [0.717, 1.165) is 0 Å². The highest BCUT2D eigenvalue weighted by molar-refractivity contribution is 5.96. The van der Waals surface area contributed by atoms with Crippen LogP contribution in [0.2, 0.25) is 0 Å². The summed E-state index contributed by atoms with van der Waals surface area (Å²) in [5.41, 5.74) is 17.2. The molecule has 22 heteroatoms. The summed E-state index contributed by atoms with van der Waals surface area (Å²) in [7, 11) is 0. The lowest BCUT2D eigenvalue weighted by molar-refractivity contribution is -0.142. The largest absolute Gasteiger partial charge is 0.480 e. The fourth-order valence-electron chi connectivity index (χ4n) is 5.31. The van der Waals surface area contributed by atoms with Gasteiger partial charge in [-0.05, 0) is 36.7 Å². The number of aliphatic hydroxyl groups excluding tert-OH is 2. The third kappa shape index (κ3) is 19.9. The topological polar surface area (TPSA) is 372 Å². The first-order valence-corrected chi connectivity index (χ1v) is 19.2. The molecule has 0 aliphatic heterocycles. The van der Waals surface area contributed by atoms with Crippen LogP contribution in [0.4, 0.5) is 0 Å². The first-order valence-electron chi connectivity index (χ1n) is 19.2. The van der Waals surface area contributed by atoms with Gasteiger partial charge in [-0.1, -0.05) is 64.4 Å². The molecule has 59 heavy (non-hydrogen) atoms. The Morgan fingerprint density at radius 3 is 1.68 bits per heavy atom. The zero-order chi connectivity index (χ0) is 44.7. The van der Waals surface area contributed by atoms with Gasteiger partial charge in [0.25, 0.3) is 0 Å². The summed E-state index contributed by atoms with van der Waals surface area (Å²) in [5.74, 6) is -7.77. The van der Waals surface area contributed by atoms with Crippen LogP contribution >= 0.6 is 0 Å². The predicted molar refractivity (Wildman–Crippen MR) is 214 cm³/mol. The van der Waals surface area contributed by atoms with Gasteiger partial charge >= 0.3 is 5.97 Å². The van der Waals surface area contributed by atoms with Gasteiger partial charge in [0.1, 0.15) is 30.2 Å². The summed E-state index contributed by atoms with van der Waals surface area (Å²) in [6, 6.07) is 0.710. The number of benzene rings is 1. The standard InChI is InChI=1S/C37H61N11O11/c1-5-21(4)30(38)35(57)48-26(18-49)32(54)43-16-28(51)44-24(14-20(2)3)31(53)42-17-29(52)45-27(19-50)34(56)46-23(12-9-13-41-37(39)40)33(55)47-25(36(58)59)15-22-10-7-6-8-11-22/h6-8,10-11,20-21,23-27,30,49-50H,5,9,12-19,38H2,1-4H3,(H,42,53)(H,43,54)(H,44,51)(H,45,52)(H,46,56)(H,47,55)(H,48,57)(H,58,59)(H4,39,40,41)/t21-,23-,24-,25-,26-,27-,30-/m0/s1. The molecule has 0 fully saturated rings. The molecular weight excluding hydrogens is 774 g/mol. The number of nitrogens with two attached hydrogens (primary N) is 3. The van der Waals surface area contributed by atoms with Crippen molar-refractivity contribution in [2.45, 2.75) is 96.1 Å². The lowest BCUT2D eigenvalue weighted by Crippen LogP contribution is -2.58. The molecule has 7 atom stereocenters. The molecule has 0 aliphatic rings. The zero-order valence-corrected chi connectivity index (χ0v) is 33.9. The normalized spacial score (nSPS) is 14.4. The van der Waals surface area contributed by atoms with Crippen molar-refractivity contribution in [2.24, 2.45) is 34.0 Å². The Hall–Kier alpha value is -5.87. The van der Waals surface area contributed by atoms with E-state index in [2.05, 4.69) is 42.2 Å². The SMILES string of the molecule is CC[C@H](C)[C@H](N)C(=O)N[C@@H](CO)C(=O)NCC(=O)N[C@@H](CC(C)C)C(=O)NCC(=O)N[C@@H](CO)C(=O)N[C@@H](CCCN=C(N)N)C(=O)N[C@@H](Cc1ccccc1)C(=O)O. The maximum atomic E-state index is 13.3. The van der Waals surface area contributed by atoms with Gasteiger partial charge in [0, 0.05) is 13.0 Å². The van der Waals surface area contributed by atoms with E-state index in [4.69, 9.17) is 17.2 Å². The van der Waals surface area contributed by atoms with Crippen LogP contribution in [0.1, 0.15) is 58.9 Å². The lowest BCUT2D eigenvalue weighted by atomic mass is 9.99. The zero-order valence-electron chi connectivity index (χ0n) is 33.9. The van der Waals surface area contributed by atoms with E-state index in [-0.39, 0.29) is 50.0 Å². The first-order chi connectivity index (χ1) is 27.8. The van der Waals surface area contributed by atoms with Crippen LogP contribution in [0, 0.1) is 11.8 Å². The van der Waals surface area contributed by atoms with Crippen LogP contribution in [0.15, 0.2) is 35.3 Å². The summed E-state index contributed by atoms with van der Waals surface area (Å²) in [6.07, 6.45) is 0.758. The molecule has 0 radical (unpaired) electrons. The van der Waals surface area contributed by atoms with Crippen LogP contribution in [0.5, 0.6) is 0 Å². The number of guanidine groups is 1. The van der Waals surface area contributed by atoms with Crippen LogP contribution in [-0.4, -0.2) is 138 Å². The number of nitrogens with one attached hydrogen (secondary N) is 7. The van der Waals surface area contributed by atoms with Gasteiger partial charge in [-0.3, -0.25) is 38.6 Å². The summed E-state index contributed by atoms with van der Waals surface area (Å²) in [4.78, 5) is 106. The van der Waals surface area contributed by atoms with Gasteiger partial charge in [-0.15, -0.1) is 0 Å². The van der Waals surface area contributed by atoms with Gasteiger partial charge < -0.3 is 69.7 Å². The minimum Gasteiger partial charge on any atom is -0.480 e. The van der Waals surface area contributed by atoms with Crippen LogP contribution < -0.4 is 54.4 Å². The Bertz CT molecular complexity index is 1590. The van der Waals surface area contributed by atoms with Gasteiger partial charge in [0.15, 0.2) is 5.96 Å². The van der Waals surface area contributed by atoms with Crippen molar-refractivity contribution in [3.63, 3.8) is 0 Å². The Labute approximate surface area is 342 Å². The number of aliphatic hydroxyl groups is 2. The molecular formula is C37H61N11O11. The summed E-state index contributed by atoms with van der Waals surface area (Å²) < 4.78 is 0. The molecule has 0 heterocycles. The molecule has 1 rings (SSSR count). The molecule has 0 saturated heterocycles. The minimum absolute atomic E-state index is 0.0590. The van der Waals surface area contributed by atoms with Crippen molar-refractivity contribution in [1.82, 2.24) is 37.2 Å². The van der Waals surface area contributed by atoms with Gasteiger partial charge in [-0.25, -0.2) is 4.79 Å². The summed E-state index contributed by atoms with van der Waals surface area (Å²) in [6.45, 7) is 4.15.